The van der Waals surface area contributed by atoms with E-state index in [2.05, 4.69) is 5.32 Å². The molecular formula is C19H22ClFN2O. The second kappa shape index (κ2) is 7.97. The summed E-state index contributed by atoms with van der Waals surface area (Å²) in [7, 11) is 0. The first-order valence-electron chi connectivity index (χ1n) is 8.28. The summed E-state index contributed by atoms with van der Waals surface area (Å²) in [6, 6.07) is 13.1. The molecule has 1 heterocycles. The zero-order valence-electron chi connectivity index (χ0n) is 13.5. The molecule has 2 N–H and O–H groups in total. The Morgan fingerprint density at radius 3 is 2.33 bits per heavy atom. The van der Waals surface area contributed by atoms with Crippen LogP contribution in [0.2, 0.25) is 5.02 Å². The first-order valence-corrected chi connectivity index (χ1v) is 8.66. The van der Waals surface area contributed by atoms with Crippen LogP contribution in [0.4, 0.5) is 10.1 Å². The van der Waals surface area contributed by atoms with Crippen LogP contribution in [-0.4, -0.2) is 24.3 Å². The summed E-state index contributed by atoms with van der Waals surface area (Å²) in [5.41, 5.74) is 2.69. The number of nitrogens with zero attached hydrogens (tertiary/aromatic N) is 1. The third-order valence-corrected chi connectivity index (χ3v) is 4.64. The van der Waals surface area contributed by atoms with Gasteiger partial charge in [0.05, 0.1) is 11.8 Å². The fraction of sp³-hybridized carbons (Fsp3) is 0.368. The van der Waals surface area contributed by atoms with Crippen molar-refractivity contribution in [2.24, 2.45) is 0 Å². The Morgan fingerprint density at radius 1 is 1.04 bits per heavy atom. The molecule has 0 saturated carbocycles. The molecule has 1 aliphatic heterocycles. The zero-order valence-corrected chi connectivity index (χ0v) is 14.3. The third-order valence-electron chi connectivity index (χ3n) is 4.39. The monoisotopic (exact) mass is 348 g/mol. The van der Waals surface area contributed by atoms with E-state index in [4.69, 9.17) is 11.6 Å². The van der Waals surface area contributed by atoms with Crippen molar-refractivity contribution in [2.75, 3.05) is 18.0 Å². The van der Waals surface area contributed by atoms with Crippen molar-refractivity contribution in [1.29, 1.82) is 0 Å². The van der Waals surface area contributed by atoms with Crippen LogP contribution in [0.15, 0.2) is 42.5 Å². The van der Waals surface area contributed by atoms with Crippen LogP contribution < -0.4 is 10.2 Å². The molecule has 5 heteroatoms. The summed E-state index contributed by atoms with van der Waals surface area (Å²) in [5.74, 6) is -0.197. The summed E-state index contributed by atoms with van der Waals surface area (Å²) < 4.78 is 14.4. The van der Waals surface area contributed by atoms with Gasteiger partial charge in [0.2, 0.25) is 0 Å². The minimum atomic E-state index is -0.249. The van der Waals surface area contributed by atoms with Crippen molar-refractivity contribution in [3.63, 3.8) is 0 Å². The molecule has 2 aromatic rings. The fourth-order valence-electron chi connectivity index (χ4n) is 2.98. The van der Waals surface area contributed by atoms with E-state index in [9.17, 15) is 9.50 Å². The number of aliphatic hydroxyl groups is 1. The van der Waals surface area contributed by atoms with Crippen molar-refractivity contribution < 1.29 is 9.50 Å². The first-order chi connectivity index (χ1) is 11.6. The molecule has 0 bridgehead atoms. The topological polar surface area (TPSA) is 35.5 Å². The lowest BCUT2D eigenvalue weighted by Gasteiger charge is -2.31. The van der Waals surface area contributed by atoms with Crippen molar-refractivity contribution in [1.82, 2.24) is 5.32 Å². The number of hydrogen-bond acceptors (Lipinski definition) is 3. The average Bonchev–Trinajstić information content (AvgIpc) is 2.58. The highest BCUT2D eigenvalue weighted by molar-refractivity contribution is 6.30. The van der Waals surface area contributed by atoms with Gasteiger partial charge in [0, 0.05) is 31.2 Å². The number of rotatable bonds is 5. The Bertz CT molecular complexity index is 670. The van der Waals surface area contributed by atoms with Crippen molar-refractivity contribution in [3.05, 3.63) is 64.4 Å². The van der Waals surface area contributed by atoms with E-state index in [0.717, 1.165) is 16.1 Å². The molecule has 2 aromatic carbocycles. The molecule has 128 valence electrons. The third kappa shape index (κ3) is 4.47. The van der Waals surface area contributed by atoms with Gasteiger partial charge in [-0.15, -0.1) is 0 Å². The molecular weight excluding hydrogens is 327 g/mol. The minimum absolute atomic E-state index is 0.197. The van der Waals surface area contributed by atoms with Crippen molar-refractivity contribution in [2.45, 2.75) is 32.0 Å². The molecule has 0 aromatic heterocycles. The summed E-state index contributed by atoms with van der Waals surface area (Å²) in [5, 5.41) is 13.6. The highest BCUT2D eigenvalue weighted by Crippen LogP contribution is 2.24. The molecule has 0 atom stereocenters. The second-order valence-corrected chi connectivity index (χ2v) is 6.67. The number of piperidine rings is 1. The van der Waals surface area contributed by atoms with Crippen LogP contribution in [0.25, 0.3) is 0 Å². The fourth-order valence-corrected chi connectivity index (χ4v) is 3.10. The minimum Gasteiger partial charge on any atom is -0.393 e. The normalized spacial score (nSPS) is 15.7. The van der Waals surface area contributed by atoms with Gasteiger partial charge in [0.1, 0.15) is 5.82 Å². The van der Waals surface area contributed by atoms with E-state index in [1.54, 1.807) is 6.07 Å². The Balaban J connectivity index is 1.55. The van der Waals surface area contributed by atoms with Crippen molar-refractivity contribution in [3.8, 4) is 0 Å². The van der Waals surface area contributed by atoms with Gasteiger partial charge in [-0.25, -0.2) is 4.39 Å². The maximum atomic E-state index is 14.4. The van der Waals surface area contributed by atoms with Crippen LogP contribution in [0, 0.1) is 5.82 Å². The van der Waals surface area contributed by atoms with Gasteiger partial charge in [0.25, 0.3) is 0 Å². The number of anilines is 1. The Morgan fingerprint density at radius 2 is 1.67 bits per heavy atom. The highest BCUT2D eigenvalue weighted by atomic mass is 35.5. The summed E-state index contributed by atoms with van der Waals surface area (Å²) in [4.78, 5) is 2.01. The number of halogens is 2. The van der Waals surface area contributed by atoms with E-state index < -0.39 is 0 Å². The van der Waals surface area contributed by atoms with Gasteiger partial charge in [-0.3, -0.25) is 0 Å². The van der Waals surface area contributed by atoms with Gasteiger partial charge in [-0.2, -0.15) is 0 Å². The summed E-state index contributed by atoms with van der Waals surface area (Å²) in [6.07, 6.45) is 1.15. The van der Waals surface area contributed by atoms with Gasteiger partial charge in [0.15, 0.2) is 0 Å². The summed E-state index contributed by atoms with van der Waals surface area (Å²) >= 11 is 5.87. The van der Waals surface area contributed by atoms with Gasteiger partial charge in [-0.05, 0) is 48.2 Å². The number of hydrogen-bond donors (Lipinski definition) is 2. The number of aliphatic hydroxyl groups excluding tert-OH is 1. The first kappa shape index (κ1) is 17.2. The standard InChI is InChI=1S/C19H22ClFN2O/c20-16-4-1-14(2-5-16)12-22-13-15-3-6-19(18(21)11-15)23-9-7-17(24)8-10-23/h1-6,11,17,22,24H,7-10,12-13H2. The Kier molecular flexibility index (Phi) is 5.72. The van der Waals surface area contributed by atoms with Gasteiger partial charge >= 0.3 is 0 Å². The molecule has 1 saturated heterocycles. The lowest BCUT2D eigenvalue weighted by molar-refractivity contribution is 0.145. The predicted molar refractivity (Wildman–Crippen MR) is 95.8 cm³/mol. The Hall–Kier alpha value is -1.62. The Labute approximate surface area is 147 Å². The van der Waals surface area contributed by atoms with Crippen LogP contribution >= 0.6 is 11.6 Å². The molecule has 24 heavy (non-hydrogen) atoms. The van der Waals surface area contributed by atoms with E-state index in [-0.39, 0.29) is 11.9 Å². The molecule has 0 amide bonds. The largest absolute Gasteiger partial charge is 0.393 e. The highest BCUT2D eigenvalue weighted by Gasteiger charge is 2.19. The molecule has 0 radical (unpaired) electrons. The van der Waals surface area contributed by atoms with E-state index in [0.29, 0.717) is 44.7 Å². The van der Waals surface area contributed by atoms with Crippen LogP contribution in [0.3, 0.4) is 0 Å². The van der Waals surface area contributed by atoms with Gasteiger partial charge < -0.3 is 15.3 Å². The van der Waals surface area contributed by atoms with Crippen LogP contribution in [-0.2, 0) is 13.1 Å². The summed E-state index contributed by atoms with van der Waals surface area (Å²) in [6.45, 7) is 2.72. The maximum absolute atomic E-state index is 14.4. The van der Waals surface area contributed by atoms with Crippen LogP contribution in [0.1, 0.15) is 24.0 Å². The van der Waals surface area contributed by atoms with E-state index in [1.165, 1.54) is 0 Å². The maximum Gasteiger partial charge on any atom is 0.146 e. The zero-order chi connectivity index (χ0) is 16.9. The molecule has 1 fully saturated rings. The lowest BCUT2D eigenvalue weighted by atomic mass is 10.1. The molecule has 0 aliphatic carbocycles. The number of nitrogens with one attached hydrogen (secondary N) is 1. The molecule has 3 nitrogen and oxygen atoms in total. The molecule has 3 rings (SSSR count). The molecule has 0 spiro atoms. The van der Waals surface area contributed by atoms with E-state index in [1.807, 2.05) is 41.3 Å². The SMILES string of the molecule is OC1CCN(c2ccc(CNCc3ccc(Cl)cc3)cc2F)CC1. The quantitative estimate of drug-likeness (QED) is 0.864. The smallest absolute Gasteiger partial charge is 0.146 e. The average molecular weight is 349 g/mol. The molecule has 1 aliphatic rings. The lowest BCUT2D eigenvalue weighted by Crippen LogP contribution is -2.36. The molecule has 0 unspecified atom stereocenters. The second-order valence-electron chi connectivity index (χ2n) is 6.23. The van der Waals surface area contributed by atoms with Crippen LogP contribution in [0.5, 0.6) is 0 Å². The predicted octanol–water partition coefficient (Wildman–Crippen LogP) is 3.73. The number of benzene rings is 2. The van der Waals surface area contributed by atoms with E-state index >= 15 is 0 Å². The van der Waals surface area contributed by atoms with Gasteiger partial charge in [-0.1, -0.05) is 29.8 Å². The van der Waals surface area contributed by atoms with Crippen molar-refractivity contribution >= 4 is 17.3 Å².